The Morgan fingerprint density at radius 3 is 2.69 bits per heavy atom. The van der Waals surface area contributed by atoms with Gasteiger partial charge in [-0.2, -0.15) is 0 Å². The van der Waals surface area contributed by atoms with Crippen LogP contribution < -0.4 is 10.6 Å². The van der Waals surface area contributed by atoms with Gasteiger partial charge in [0, 0.05) is 12.4 Å². The predicted octanol–water partition coefficient (Wildman–Crippen LogP) is 1.64. The van der Waals surface area contributed by atoms with Gasteiger partial charge < -0.3 is 15.6 Å². The monoisotopic (exact) mass is 223 g/mol. The third-order valence-corrected chi connectivity index (χ3v) is 3.07. The van der Waals surface area contributed by atoms with E-state index in [4.69, 9.17) is 0 Å². The van der Waals surface area contributed by atoms with E-state index in [2.05, 4.69) is 41.7 Å². The summed E-state index contributed by atoms with van der Waals surface area (Å²) in [6.45, 7) is 7.83. The number of aromatic amines is 1. The second-order valence-corrected chi connectivity index (χ2v) is 4.74. The summed E-state index contributed by atoms with van der Waals surface area (Å²) in [6.07, 6.45) is 5.15. The van der Waals surface area contributed by atoms with E-state index in [-0.39, 0.29) is 0 Å². The Labute approximate surface area is 99.0 Å². The van der Waals surface area contributed by atoms with Gasteiger partial charge in [-0.15, -0.1) is 0 Å². The van der Waals surface area contributed by atoms with Gasteiger partial charge in [0.15, 0.2) is 0 Å². The normalized spacial score (nSPS) is 13.2. The van der Waals surface area contributed by atoms with Crippen LogP contribution in [-0.4, -0.2) is 31.7 Å². The summed E-state index contributed by atoms with van der Waals surface area (Å²) >= 11 is 0. The lowest BCUT2D eigenvalue weighted by atomic mass is 9.96. The van der Waals surface area contributed by atoms with Crippen molar-refractivity contribution in [1.82, 2.24) is 15.6 Å². The van der Waals surface area contributed by atoms with Gasteiger partial charge in [-0.1, -0.05) is 13.8 Å². The molecule has 0 aliphatic rings. The van der Waals surface area contributed by atoms with Crippen molar-refractivity contribution in [2.45, 2.75) is 20.3 Å². The first-order valence-corrected chi connectivity index (χ1v) is 6.21. The summed E-state index contributed by atoms with van der Waals surface area (Å²) in [7, 11) is 2.02. The molecule has 3 heteroatoms. The minimum Gasteiger partial charge on any atom is -0.367 e. The third kappa shape index (κ3) is 4.81. The first-order chi connectivity index (χ1) is 7.74. The molecule has 1 unspecified atom stereocenters. The molecule has 0 saturated carbocycles. The van der Waals surface area contributed by atoms with Crippen molar-refractivity contribution < 1.29 is 0 Å². The highest BCUT2D eigenvalue weighted by Gasteiger charge is 2.11. The molecule has 0 bridgehead atoms. The summed E-state index contributed by atoms with van der Waals surface area (Å²) in [5, 5.41) is 6.79. The van der Waals surface area contributed by atoms with Crippen LogP contribution in [0.1, 0.15) is 19.4 Å². The van der Waals surface area contributed by atoms with Gasteiger partial charge in [-0.3, -0.25) is 0 Å². The zero-order chi connectivity index (χ0) is 11.8. The van der Waals surface area contributed by atoms with Crippen LogP contribution in [0.3, 0.4) is 0 Å². The van der Waals surface area contributed by atoms with Gasteiger partial charge in [-0.05, 0) is 56.6 Å². The lowest BCUT2D eigenvalue weighted by molar-refractivity contribution is 0.354. The number of H-pyrrole nitrogens is 1. The molecule has 3 nitrogen and oxygen atoms in total. The first-order valence-electron chi connectivity index (χ1n) is 6.21. The van der Waals surface area contributed by atoms with E-state index in [1.165, 1.54) is 5.56 Å². The van der Waals surface area contributed by atoms with Crippen LogP contribution in [0, 0.1) is 11.8 Å². The van der Waals surface area contributed by atoms with Crippen LogP contribution in [0.25, 0.3) is 0 Å². The smallest absolute Gasteiger partial charge is 0.00378 e. The fourth-order valence-corrected chi connectivity index (χ4v) is 1.84. The molecule has 1 rings (SSSR count). The van der Waals surface area contributed by atoms with Gasteiger partial charge in [0.1, 0.15) is 0 Å². The Morgan fingerprint density at radius 2 is 2.12 bits per heavy atom. The zero-order valence-corrected chi connectivity index (χ0v) is 10.7. The van der Waals surface area contributed by atoms with Crippen LogP contribution in [0.2, 0.25) is 0 Å². The Balaban J connectivity index is 2.13. The molecule has 0 spiro atoms. The number of hydrogen-bond acceptors (Lipinski definition) is 2. The molecular weight excluding hydrogens is 198 g/mol. The van der Waals surface area contributed by atoms with Crippen LogP contribution in [0.4, 0.5) is 0 Å². The van der Waals surface area contributed by atoms with Crippen molar-refractivity contribution in [3.63, 3.8) is 0 Å². The van der Waals surface area contributed by atoms with E-state index in [0.29, 0.717) is 0 Å². The van der Waals surface area contributed by atoms with Crippen LogP contribution in [-0.2, 0) is 6.42 Å². The van der Waals surface area contributed by atoms with Crippen LogP contribution in [0.15, 0.2) is 18.5 Å². The highest BCUT2D eigenvalue weighted by molar-refractivity contribution is 5.08. The van der Waals surface area contributed by atoms with Crippen molar-refractivity contribution >= 4 is 0 Å². The number of hydrogen-bond donors (Lipinski definition) is 3. The molecule has 1 atom stereocenters. The summed E-state index contributed by atoms with van der Waals surface area (Å²) in [5.41, 5.74) is 1.38. The van der Waals surface area contributed by atoms with Gasteiger partial charge in [0.25, 0.3) is 0 Å². The maximum Gasteiger partial charge on any atom is 0.00378 e. The Hall–Kier alpha value is -0.800. The standard InChI is InChI=1S/C13H25N3/c1-11(2)13(9-14-3)10-16-7-5-12-4-6-15-8-12/h4,6,8,11,13-16H,5,7,9-10H2,1-3H3. The molecule has 92 valence electrons. The maximum atomic E-state index is 3.54. The van der Waals surface area contributed by atoms with E-state index in [1.54, 1.807) is 0 Å². The van der Waals surface area contributed by atoms with Crippen LogP contribution in [0.5, 0.6) is 0 Å². The summed E-state index contributed by atoms with van der Waals surface area (Å²) < 4.78 is 0. The van der Waals surface area contributed by atoms with E-state index >= 15 is 0 Å². The van der Waals surface area contributed by atoms with E-state index in [1.807, 2.05) is 13.2 Å². The minimum absolute atomic E-state index is 0.719. The van der Waals surface area contributed by atoms with Crippen molar-refractivity contribution in [2.24, 2.45) is 11.8 Å². The molecule has 0 fully saturated rings. The summed E-state index contributed by atoms with van der Waals surface area (Å²) in [6, 6.07) is 2.13. The number of rotatable bonds is 8. The van der Waals surface area contributed by atoms with Gasteiger partial charge in [0.05, 0.1) is 0 Å². The highest BCUT2D eigenvalue weighted by atomic mass is 14.9. The van der Waals surface area contributed by atoms with E-state index in [0.717, 1.165) is 37.9 Å². The summed E-state index contributed by atoms with van der Waals surface area (Å²) in [4.78, 5) is 3.08. The Morgan fingerprint density at radius 1 is 1.31 bits per heavy atom. The molecule has 0 aliphatic heterocycles. The molecule has 0 radical (unpaired) electrons. The highest BCUT2D eigenvalue weighted by Crippen LogP contribution is 2.08. The third-order valence-electron chi connectivity index (χ3n) is 3.07. The fourth-order valence-electron chi connectivity index (χ4n) is 1.84. The van der Waals surface area contributed by atoms with Crippen molar-refractivity contribution in [2.75, 3.05) is 26.7 Å². The molecular formula is C13H25N3. The molecule has 0 saturated heterocycles. The fraction of sp³-hybridized carbons (Fsp3) is 0.692. The lowest BCUT2D eigenvalue weighted by Gasteiger charge is -2.20. The molecule has 0 aliphatic carbocycles. The van der Waals surface area contributed by atoms with Crippen LogP contribution >= 0.6 is 0 Å². The Bertz CT molecular complexity index is 254. The van der Waals surface area contributed by atoms with E-state index < -0.39 is 0 Å². The lowest BCUT2D eigenvalue weighted by Crippen LogP contribution is -2.33. The minimum atomic E-state index is 0.719. The topological polar surface area (TPSA) is 39.8 Å². The maximum absolute atomic E-state index is 3.54. The largest absolute Gasteiger partial charge is 0.367 e. The number of aromatic nitrogens is 1. The molecule has 1 aromatic rings. The first kappa shape index (κ1) is 13.3. The molecule has 0 amide bonds. The quantitative estimate of drug-likeness (QED) is 0.586. The molecule has 16 heavy (non-hydrogen) atoms. The zero-order valence-electron chi connectivity index (χ0n) is 10.7. The van der Waals surface area contributed by atoms with E-state index in [9.17, 15) is 0 Å². The second-order valence-electron chi connectivity index (χ2n) is 4.74. The van der Waals surface area contributed by atoms with Gasteiger partial charge in [0.2, 0.25) is 0 Å². The van der Waals surface area contributed by atoms with Gasteiger partial charge >= 0.3 is 0 Å². The van der Waals surface area contributed by atoms with Gasteiger partial charge in [-0.25, -0.2) is 0 Å². The summed E-state index contributed by atoms with van der Waals surface area (Å²) in [5.74, 6) is 1.45. The molecule has 1 aromatic heterocycles. The SMILES string of the molecule is CNCC(CNCCc1cc[nH]c1)C(C)C. The Kier molecular flexibility index (Phi) is 6.19. The van der Waals surface area contributed by atoms with Crippen molar-refractivity contribution in [3.8, 4) is 0 Å². The molecule has 3 N–H and O–H groups in total. The average molecular weight is 223 g/mol. The van der Waals surface area contributed by atoms with Crippen molar-refractivity contribution in [3.05, 3.63) is 24.0 Å². The average Bonchev–Trinajstić information content (AvgIpc) is 2.75. The second kappa shape index (κ2) is 7.47. The molecule has 1 heterocycles. The molecule has 0 aromatic carbocycles. The van der Waals surface area contributed by atoms with Crippen molar-refractivity contribution in [1.29, 1.82) is 0 Å². The number of nitrogens with one attached hydrogen (secondary N) is 3. The predicted molar refractivity (Wildman–Crippen MR) is 69.6 cm³/mol.